The second-order valence-corrected chi connectivity index (χ2v) is 7.13. The van der Waals surface area contributed by atoms with Gasteiger partial charge in [-0.25, -0.2) is 0 Å². The van der Waals surface area contributed by atoms with E-state index in [0.717, 1.165) is 12.0 Å². The van der Waals surface area contributed by atoms with Gasteiger partial charge in [0.2, 0.25) is 0 Å². The lowest BCUT2D eigenvalue weighted by molar-refractivity contribution is -0.143. The van der Waals surface area contributed by atoms with E-state index in [2.05, 4.69) is 16.4 Å². The molecule has 0 amide bonds. The number of esters is 1. The summed E-state index contributed by atoms with van der Waals surface area (Å²) in [6.07, 6.45) is 7.19. The average Bonchev–Trinajstić information content (AvgIpc) is 3.27. The van der Waals surface area contributed by atoms with Crippen molar-refractivity contribution in [2.24, 2.45) is 4.99 Å². The highest BCUT2D eigenvalue weighted by molar-refractivity contribution is 7.09. The fraction of sp³-hybridized carbons (Fsp3) is 0.263. The lowest BCUT2D eigenvalue weighted by Crippen LogP contribution is -2.37. The minimum atomic E-state index is -0.665. The number of benzene rings is 1. The van der Waals surface area contributed by atoms with Crippen LogP contribution in [0.5, 0.6) is 0 Å². The highest BCUT2D eigenvalue weighted by atomic mass is 35.5. The first-order valence-corrected chi connectivity index (χ1v) is 9.00. The molecule has 2 aromatic rings. The highest BCUT2D eigenvalue weighted by Crippen LogP contribution is 2.42. The summed E-state index contributed by atoms with van der Waals surface area (Å²) in [4.78, 5) is 18.6. The van der Waals surface area contributed by atoms with Gasteiger partial charge in [-0.2, -0.15) is 0 Å². The molecule has 3 rings (SSSR count). The number of allylic oxidation sites excluding steroid dienone is 1. The topological polar surface area (TPSA) is 38.7 Å². The van der Waals surface area contributed by atoms with Crippen molar-refractivity contribution in [2.45, 2.75) is 24.3 Å². The number of rotatable bonds is 6. The number of halogens is 1. The molecule has 2 heterocycles. The summed E-state index contributed by atoms with van der Waals surface area (Å²) in [6.45, 7) is 0. The van der Waals surface area contributed by atoms with Gasteiger partial charge in [0.15, 0.2) is 0 Å². The Hall–Kier alpha value is -1.91. The first-order chi connectivity index (χ1) is 11.7. The molecule has 0 saturated heterocycles. The van der Waals surface area contributed by atoms with Crippen LogP contribution >= 0.6 is 22.9 Å². The first-order valence-electron chi connectivity index (χ1n) is 7.74. The zero-order valence-corrected chi connectivity index (χ0v) is 14.9. The molecule has 0 bridgehead atoms. The summed E-state index contributed by atoms with van der Waals surface area (Å²) in [5.41, 5.74) is 0.0862. The van der Waals surface area contributed by atoms with Crippen LogP contribution in [0.25, 0.3) is 0 Å². The van der Waals surface area contributed by atoms with Gasteiger partial charge in [-0.1, -0.05) is 41.9 Å². The lowest BCUT2D eigenvalue weighted by atomic mass is 9.76. The molecular formula is C19H18ClNO2S. The fourth-order valence-corrected chi connectivity index (χ4v) is 4.06. The lowest BCUT2D eigenvalue weighted by Gasteiger charge is -2.32. The largest absolute Gasteiger partial charge is 0.468 e. The molecule has 5 heteroatoms. The molecule has 124 valence electrons. The summed E-state index contributed by atoms with van der Waals surface area (Å²) in [5.74, 6) is -0.885. The van der Waals surface area contributed by atoms with Gasteiger partial charge in [0.05, 0.1) is 12.6 Å². The van der Waals surface area contributed by atoms with Crippen molar-refractivity contribution in [1.82, 2.24) is 0 Å². The number of hydrogen-bond donors (Lipinski definition) is 0. The van der Waals surface area contributed by atoms with Crippen LogP contribution in [0.3, 0.4) is 0 Å². The van der Waals surface area contributed by atoms with Gasteiger partial charge < -0.3 is 4.74 Å². The number of aliphatic imine (C=N–C) groups is 1. The molecule has 2 unspecified atom stereocenters. The Balaban J connectivity index is 1.99. The van der Waals surface area contributed by atoms with Crippen LogP contribution < -0.4 is 0 Å². The van der Waals surface area contributed by atoms with Gasteiger partial charge in [0.25, 0.3) is 0 Å². The maximum Gasteiger partial charge on any atom is 0.316 e. The number of ether oxygens (including phenoxy) is 1. The van der Waals surface area contributed by atoms with Crippen molar-refractivity contribution >= 4 is 35.1 Å². The van der Waals surface area contributed by atoms with E-state index < -0.39 is 11.5 Å². The number of carbonyl (C=O) groups is 1. The predicted octanol–water partition coefficient (Wildman–Crippen LogP) is 4.67. The van der Waals surface area contributed by atoms with E-state index >= 15 is 0 Å². The number of thiophene rings is 1. The Morgan fingerprint density at radius 1 is 1.33 bits per heavy atom. The molecule has 1 aromatic heterocycles. The van der Waals surface area contributed by atoms with Crippen molar-refractivity contribution in [1.29, 1.82) is 0 Å². The fourth-order valence-electron chi connectivity index (χ4n) is 3.10. The Labute approximate surface area is 150 Å². The molecule has 1 aliphatic rings. The van der Waals surface area contributed by atoms with Crippen molar-refractivity contribution < 1.29 is 9.53 Å². The molecular weight excluding hydrogens is 342 g/mol. The van der Waals surface area contributed by atoms with Crippen LogP contribution in [0, 0.1) is 0 Å². The molecule has 0 N–H and O–H groups in total. The van der Waals surface area contributed by atoms with Crippen LogP contribution in [-0.4, -0.2) is 24.8 Å². The van der Waals surface area contributed by atoms with E-state index in [4.69, 9.17) is 16.3 Å². The van der Waals surface area contributed by atoms with Crippen molar-refractivity contribution in [3.63, 3.8) is 0 Å². The minimum Gasteiger partial charge on any atom is -0.468 e. The van der Waals surface area contributed by atoms with E-state index in [1.165, 1.54) is 12.0 Å². The molecule has 0 radical (unpaired) electrons. The third-order valence-corrected chi connectivity index (χ3v) is 5.57. The molecule has 0 spiro atoms. The van der Waals surface area contributed by atoms with Gasteiger partial charge in [-0.3, -0.25) is 9.79 Å². The third-order valence-electron chi connectivity index (χ3n) is 4.29. The summed E-state index contributed by atoms with van der Waals surface area (Å²) in [5, 5.41) is 2.61. The third kappa shape index (κ3) is 3.30. The second kappa shape index (κ2) is 7.32. The predicted molar refractivity (Wildman–Crippen MR) is 99.2 cm³/mol. The maximum atomic E-state index is 12.6. The van der Waals surface area contributed by atoms with E-state index in [1.807, 2.05) is 36.4 Å². The maximum absolute atomic E-state index is 12.6. The van der Waals surface area contributed by atoms with Crippen LogP contribution in [0.4, 0.5) is 0 Å². The molecule has 1 aromatic carbocycles. The smallest absolute Gasteiger partial charge is 0.316 e. The second-order valence-electron chi connectivity index (χ2n) is 5.69. The van der Waals surface area contributed by atoms with Gasteiger partial charge >= 0.3 is 5.97 Å². The number of nitrogens with zero attached hydrogens (tertiary/aromatic N) is 1. The summed E-state index contributed by atoms with van der Waals surface area (Å²) in [7, 11) is 1.40. The van der Waals surface area contributed by atoms with Crippen molar-refractivity contribution in [2.75, 3.05) is 7.11 Å². The number of hydrogen-bond acceptors (Lipinski definition) is 4. The van der Waals surface area contributed by atoms with E-state index in [1.54, 1.807) is 23.6 Å². The summed E-state index contributed by atoms with van der Waals surface area (Å²) >= 11 is 8.09. The molecule has 0 aliphatic carbocycles. The molecule has 0 saturated carbocycles. The van der Waals surface area contributed by atoms with Gasteiger partial charge in [-0.05, 0) is 42.0 Å². The summed E-state index contributed by atoms with van der Waals surface area (Å²) < 4.78 is 5.09. The zero-order chi connectivity index (χ0) is 17.0. The van der Waals surface area contributed by atoms with E-state index in [9.17, 15) is 4.79 Å². The van der Waals surface area contributed by atoms with Gasteiger partial charge in [-0.15, -0.1) is 11.3 Å². The Morgan fingerprint density at radius 3 is 2.79 bits per heavy atom. The normalized spacial score (nSPS) is 20.2. The Morgan fingerprint density at radius 2 is 2.17 bits per heavy atom. The Kier molecular flexibility index (Phi) is 5.17. The average molecular weight is 360 g/mol. The monoisotopic (exact) mass is 359 g/mol. The molecule has 24 heavy (non-hydrogen) atoms. The van der Waals surface area contributed by atoms with Crippen LogP contribution in [0.2, 0.25) is 5.02 Å². The van der Waals surface area contributed by atoms with E-state index in [0.29, 0.717) is 11.4 Å². The quantitative estimate of drug-likeness (QED) is 0.703. The highest BCUT2D eigenvalue weighted by Gasteiger charge is 2.44. The number of methoxy groups -OCH3 is 1. The molecule has 3 nitrogen and oxygen atoms in total. The van der Waals surface area contributed by atoms with Gasteiger partial charge in [0.1, 0.15) is 5.92 Å². The van der Waals surface area contributed by atoms with Crippen LogP contribution in [0.1, 0.15) is 22.8 Å². The zero-order valence-electron chi connectivity index (χ0n) is 13.3. The molecule has 2 atom stereocenters. The SMILES string of the molecule is COC(=O)C(c1ccccc1Cl)C1(CCc2cccs2)C=CC=N1. The first kappa shape index (κ1) is 16.9. The van der Waals surface area contributed by atoms with Crippen molar-refractivity contribution in [3.8, 4) is 0 Å². The standard InChI is InChI=1S/C19H18ClNO2S/c1-23-18(22)17(15-7-2-3-8-16(15)20)19(10-5-12-21-19)11-9-14-6-4-13-24-14/h2-8,10,12-13,17H,9,11H2,1H3. The van der Waals surface area contributed by atoms with Crippen molar-refractivity contribution in [3.05, 3.63) is 69.4 Å². The van der Waals surface area contributed by atoms with Gasteiger partial charge in [0, 0.05) is 16.1 Å². The summed E-state index contributed by atoms with van der Waals surface area (Å²) in [6, 6.07) is 11.5. The number of carbonyl (C=O) groups excluding carboxylic acids is 1. The molecule has 1 aliphatic heterocycles. The number of aryl methyl sites for hydroxylation is 1. The van der Waals surface area contributed by atoms with Crippen LogP contribution in [0.15, 0.2) is 58.9 Å². The minimum absolute atomic E-state index is 0.321. The molecule has 0 fully saturated rings. The van der Waals surface area contributed by atoms with Crippen LogP contribution in [-0.2, 0) is 16.0 Å². The van der Waals surface area contributed by atoms with E-state index in [-0.39, 0.29) is 5.97 Å². The Bertz CT molecular complexity index is 755.